The fraction of sp³-hybridized carbons (Fsp3) is 0.250. The van der Waals surface area contributed by atoms with Gasteiger partial charge < -0.3 is 14.2 Å². The molecule has 3 aromatic rings. The van der Waals surface area contributed by atoms with Crippen molar-refractivity contribution >= 4 is 0 Å². The standard InChI is InChI=1S/C24H26O3/c1-25-17-18-26-19-20-27-24(21-11-5-2-6-12-21,22-13-7-3-8-14-22)23-15-9-4-10-16-23/h2-16H,17-20H2,1H3. The van der Waals surface area contributed by atoms with Crippen LogP contribution in [0.5, 0.6) is 0 Å². The molecule has 0 heterocycles. The summed E-state index contributed by atoms with van der Waals surface area (Å²) < 4.78 is 17.3. The third-order valence-electron chi connectivity index (χ3n) is 4.52. The molecule has 0 fully saturated rings. The Morgan fingerprint density at radius 2 is 0.963 bits per heavy atom. The van der Waals surface area contributed by atoms with E-state index in [-0.39, 0.29) is 0 Å². The van der Waals surface area contributed by atoms with Gasteiger partial charge in [-0.15, -0.1) is 0 Å². The molecule has 0 aliphatic carbocycles. The van der Waals surface area contributed by atoms with E-state index in [4.69, 9.17) is 14.2 Å². The van der Waals surface area contributed by atoms with Gasteiger partial charge in [0.15, 0.2) is 0 Å². The Hall–Kier alpha value is -2.46. The molecule has 3 nitrogen and oxygen atoms in total. The van der Waals surface area contributed by atoms with E-state index in [0.29, 0.717) is 26.4 Å². The third kappa shape index (κ3) is 4.64. The predicted molar refractivity (Wildman–Crippen MR) is 108 cm³/mol. The van der Waals surface area contributed by atoms with Crippen LogP contribution < -0.4 is 0 Å². The van der Waals surface area contributed by atoms with Crippen LogP contribution in [-0.2, 0) is 19.8 Å². The minimum Gasteiger partial charge on any atom is -0.382 e. The molecule has 3 rings (SSSR count). The monoisotopic (exact) mass is 362 g/mol. The van der Waals surface area contributed by atoms with Crippen molar-refractivity contribution in [2.24, 2.45) is 0 Å². The van der Waals surface area contributed by atoms with E-state index in [1.54, 1.807) is 7.11 Å². The van der Waals surface area contributed by atoms with E-state index in [1.165, 1.54) is 0 Å². The summed E-state index contributed by atoms with van der Waals surface area (Å²) >= 11 is 0. The minimum absolute atomic E-state index is 0.475. The second-order valence-corrected chi connectivity index (χ2v) is 6.23. The summed E-state index contributed by atoms with van der Waals surface area (Å²) in [6.07, 6.45) is 0. The van der Waals surface area contributed by atoms with Crippen molar-refractivity contribution in [3.63, 3.8) is 0 Å². The lowest BCUT2D eigenvalue weighted by Crippen LogP contribution is -2.34. The van der Waals surface area contributed by atoms with Gasteiger partial charge in [-0.1, -0.05) is 91.0 Å². The zero-order chi connectivity index (χ0) is 18.8. The first kappa shape index (κ1) is 19.3. The number of rotatable bonds is 10. The normalized spacial score (nSPS) is 11.4. The van der Waals surface area contributed by atoms with E-state index < -0.39 is 5.60 Å². The van der Waals surface area contributed by atoms with E-state index in [2.05, 4.69) is 72.8 Å². The molecule has 0 aliphatic rings. The van der Waals surface area contributed by atoms with Crippen molar-refractivity contribution in [2.75, 3.05) is 33.5 Å². The van der Waals surface area contributed by atoms with E-state index in [1.807, 2.05) is 18.2 Å². The molecule has 0 saturated heterocycles. The molecule has 140 valence electrons. The molecule has 0 saturated carbocycles. The summed E-state index contributed by atoms with van der Waals surface area (Å²) in [5.41, 5.74) is 2.60. The average Bonchev–Trinajstić information content (AvgIpc) is 2.75. The highest BCUT2D eigenvalue weighted by molar-refractivity contribution is 5.47. The number of hydrogen-bond donors (Lipinski definition) is 0. The Balaban J connectivity index is 1.98. The summed E-state index contributed by atoms with van der Waals surface area (Å²) in [5.74, 6) is 0. The van der Waals surface area contributed by atoms with Crippen molar-refractivity contribution in [1.82, 2.24) is 0 Å². The Morgan fingerprint density at radius 1 is 0.556 bits per heavy atom. The second-order valence-electron chi connectivity index (χ2n) is 6.23. The van der Waals surface area contributed by atoms with Crippen LogP contribution >= 0.6 is 0 Å². The highest BCUT2D eigenvalue weighted by atomic mass is 16.5. The number of hydrogen-bond acceptors (Lipinski definition) is 3. The number of ether oxygens (including phenoxy) is 3. The molecule has 0 bridgehead atoms. The van der Waals surface area contributed by atoms with Crippen LogP contribution in [0.4, 0.5) is 0 Å². The van der Waals surface area contributed by atoms with Crippen molar-refractivity contribution in [2.45, 2.75) is 5.60 Å². The van der Waals surface area contributed by atoms with Crippen molar-refractivity contribution in [3.05, 3.63) is 108 Å². The molecule has 0 spiro atoms. The lowest BCUT2D eigenvalue weighted by Gasteiger charge is -2.36. The van der Waals surface area contributed by atoms with E-state index in [9.17, 15) is 0 Å². The van der Waals surface area contributed by atoms with Gasteiger partial charge in [0.1, 0.15) is 5.60 Å². The second kappa shape index (κ2) is 10.0. The van der Waals surface area contributed by atoms with Crippen LogP contribution in [-0.4, -0.2) is 33.5 Å². The molecule has 0 aromatic heterocycles. The lowest BCUT2D eigenvalue weighted by molar-refractivity contribution is -0.0305. The number of benzene rings is 3. The highest BCUT2D eigenvalue weighted by Gasteiger charge is 2.37. The van der Waals surface area contributed by atoms with Gasteiger partial charge in [0.05, 0.1) is 26.4 Å². The first-order chi connectivity index (χ1) is 13.4. The average molecular weight is 362 g/mol. The van der Waals surface area contributed by atoms with Gasteiger partial charge in [0.25, 0.3) is 0 Å². The lowest BCUT2D eigenvalue weighted by atomic mass is 9.80. The van der Waals surface area contributed by atoms with Crippen LogP contribution in [0.2, 0.25) is 0 Å². The highest BCUT2D eigenvalue weighted by Crippen LogP contribution is 2.40. The van der Waals surface area contributed by atoms with Gasteiger partial charge in [-0.25, -0.2) is 0 Å². The smallest absolute Gasteiger partial charge is 0.143 e. The van der Waals surface area contributed by atoms with Crippen LogP contribution in [0.3, 0.4) is 0 Å². The summed E-state index contributed by atoms with van der Waals surface area (Å²) in [4.78, 5) is 0. The molecule has 27 heavy (non-hydrogen) atoms. The summed E-state index contributed by atoms with van der Waals surface area (Å²) in [5, 5.41) is 0. The maximum atomic E-state index is 6.60. The van der Waals surface area contributed by atoms with Crippen LogP contribution in [0, 0.1) is 0 Å². The quantitative estimate of drug-likeness (QED) is 0.388. The molecule has 3 aromatic carbocycles. The third-order valence-corrected chi connectivity index (χ3v) is 4.52. The molecular formula is C24H26O3. The first-order valence-corrected chi connectivity index (χ1v) is 9.25. The Labute approximate surface area is 161 Å². The Bertz CT molecular complexity index is 676. The molecule has 0 unspecified atom stereocenters. The summed E-state index contributed by atoms with van der Waals surface area (Å²) in [6, 6.07) is 31.1. The molecule has 0 radical (unpaired) electrons. The fourth-order valence-electron chi connectivity index (χ4n) is 3.27. The topological polar surface area (TPSA) is 27.7 Å². The predicted octanol–water partition coefficient (Wildman–Crippen LogP) is 4.66. The van der Waals surface area contributed by atoms with Crippen molar-refractivity contribution in [1.29, 1.82) is 0 Å². The molecule has 0 aliphatic heterocycles. The summed E-state index contributed by atoms with van der Waals surface area (Å²) in [7, 11) is 1.67. The SMILES string of the molecule is COCCOCCOC(c1ccccc1)(c1ccccc1)c1ccccc1. The Kier molecular flexibility index (Phi) is 7.17. The maximum absolute atomic E-state index is 6.60. The van der Waals surface area contributed by atoms with Gasteiger partial charge in [0, 0.05) is 7.11 Å². The summed E-state index contributed by atoms with van der Waals surface area (Å²) in [6.45, 7) is 2.13. The molecule has 3 heteroatoms. The molecule has 0 atom stereocenters. The van der Waals surface area contributed by atoms with Gasteiger partial charge in [-0.05, 0) is 16.7 Å². The van der Waals surface area contributed by atoms with Gasteiger partial charge in [-0.3, -0.25) is 0 Å². The first-order valence-electron chi connectivity index (χ1n) is 9.25. The zero-order valence-electron chi connectivity index (χ0n) is 15.7. The van der Waals surface area contributed by atoms with Gasteiger partial charge in [-0.2, -0.15) is 0 Å². The fourth-order valence-corrected chi connectivity index (χ4v) is 3.27. The van der Waals surface area contributed by atoms with Gasteiger partial charge in [0.2, 0.25) is 0 Å². The zero-order valence-corrected chi connectivity index (χ0v) is 15.7. The van der Waals surface area contributed by atoms with Crippen LogP contribution in [0.1, 0.15) is 16.7 Å². The minimum atomic E-state index is -0.686. The van der Waals surface area contributed by atoms with E-state index >= 15 is 0 Å². The van der Waals surface area contributed by atoms with Crippen LogP contribution in [0.15, 0.2) is 91.0 Å². The Morgan fingerprint density at radius 3 is 1.37 bits per heavy atom. The van der Waals surface area contributed by atoms with Crippen molar-refractivity contribution in [3.8, 4) is 0 Å². The maximum Gasteiger partial charge on any atom is 0.143 e. The molecule has 0 amide bonds. The van der Waals surface area contributed by atoms with E-state index in [0.717, 1.165) is 16.7 Å². The largest absolute Gasteiger partial charge is 0.382 e. The molecule has 0 N–H and O–H groups in total. The number of methoxy groups -OCH3 is 1. The van der Waals surface area contributed by atoms with Crippen molar-refractivity contribution < 1.29 is 14.2 Å². The molecular weight excluding hydrogens is 336 g/mol. The van der Waals surface area contributed by atoms with Crippen LogP contribution in [0.25, 0.3) is 0 Å². The van der Waals surface area contributed by atoms with Gasteiger partial charge >= 0.3 is 0 Å².